The van der Waals surface area contributed by atoms with E-state index in [0.29, 0.717) is 28.8 Å². The van der Waals surface area contributed by atoms with Gasteiger partial charge in [-0.15, -0.1) is 0 Å². The van der Waals surface area contributed by atoms with E-state index in [1.165, 1.54) is 27.8 Å². The van der Waals surface area contributed by atoms with E-state index in [0.717, 1.165) is 32.7 Å². The number of rotatable bonds is 9. The first-order valence-electron chi connectivity index (χ1n) is 13.0. The third kappa shape index (κ3) is 6.20. The Hall–Kier alpha value is -3.57. The van der Waals surface area contributed by atoms with Gasteiger partial charge in [0.15, 0.2) is 5.13 Å². The molecule has 0 saturated carbocycles. The number of amides is 1. The van der Waals surface area contributed by atoms with Crippen molar-refractivity contribution in [3.05, 3.63) is 106 Å². The molecule has 0 atom stereocenters. The Labute approximate surface area is 248 Å². The van der Waals surface area contributed by atoms with Crippen molar-refractivity contribution in [2.24, 2.45) is 0 Å². The fourth-order valence-corrected chi connectivity index (χ4v) is 7.27. The van der Waals surface area contributed by atoms with Crippen LogP contribution < -0.4 is 4.90 Å². The molecule has 5 aromatic rings. The molecule has 11 heteroatoms. The number of carbonyl (C=O) groups is 1. The molecule has 1 amide bonds. The molecular formula is C30H30ClN5O3S2. The van der Waals surface area contributed by atoms with E-state index in [1.54, 1.807) is 24.1 Å². The molecule has 0 unspecified atom stereocenters. The average molecular weight is 608 g/mol. The minimum atomic E-state index is -3.75. The van der Waals surface area contributed by atoms with Gasteiger partial charge in [0.05, 0.1) is 27.4 Å². The summed E-state index contributed by atoms with van der Waals surface area (Å²) in [6, 6.07) is 21.1. The number of hydrogen-bond donors (Lipinski definition) is 0. The van der Waals surface area contributed by atoms with Crippen LogP contribution in [0.3, 0.4) is 0 Å². The fraction of sp³-hybridized carbons (Fsp3) is 0.233. The summed E-state index contributed by atoms with van der Waals surface area (Å²) in [7, 11) is -2.21. The van der Waals surface area contributed by atoms with E-state index in [1.807, 2.05) is 74.0 Å². The van der Waals surface area contributed by atoms with Crippen LogP contribution in [0.5, 0.6) is 0 Å². The number of halogens is 1. The van der Waals surface area contributed by atoms with E-state index in [2.05, 4.69) is 5.10 Å². The molecule has 0 spiro atoms. The normalized spacial score (nSPS) is 11.9. The van der Waals surface area contributed by atoms with E-state index in [-0.39, 0.29) is 17.3 Å². The summed E-state index contributed by atoms with van der Waals surface area (Å²) in [4.78, 5) is 20.4. The number of sulfonamides is 1. The van der Waals surface area contributed by atoms with Gasteiger partial charge in [-0.05, 0) is 74.4 Å². The van der Waals surface area contributed by atoms with Crippen molar-refractivity contribution in [1.82, 2.24) is 19.1 Å². The van der Waals surface area contributed by atoms with Crippen LogP contribution >= 0.6 is 22.9 Å². The van der Waals surface area contributed by atoms with E-state index < -0.39 is 10.0 Å². The summed E-state index contributed by atoms with van der Waals surface area (Å²) in [5, 5.41) is 5.68. The quantitative estimate of drug-likeness (QED) is 0.198. The highest BCUT2D eigenvalue weighted by molar-refractivity contribution is 7.89. The standard InChI is InChI=1S/C30H30ClN5O3S2/c1-20-16-25(31)18-27-28(20)32-30(40-27)35(14-15-36-22(3)17-21(2)33-36)29(37)24-10-12-26(13-11-24)41(38,39)34(4)19-23-8-6-5-7-9-23/h5-13,16-18H,14-15,19H2,1-4H3. The second-order valence-electron chi connectivity index (χ2n) is 9.94. The number of aryl methyl sites for hydroxylation is 3. The van der Waals surface area contributed by atoms with Crippen LogP contribution in [0.2, 0.25) is 5.02 Å². The average Bonchev–Trinajstić information content (AvgIpc) is 3.51. The molecule has 0 saturated heterocycles. The molecule has 0 aliphatic carbocycles. The summed E-state index contributed by atoms with van der Waals surface area (Å²) in [5.74, 6) is -0.282. The van der Waals surface area contributed by atoms with Crippen molar-refractivity contribution in [3.8, 4) is 0 Å². The van der Waals surface area contributed by atoms with Crippen molar-refractivity contribution >= 4 is 54.2 Å². The van der Waals surface area contributed by atoms with Crippen LogP contribution in [-0.4, -0.2) is 47.0 Å². The molecule has 0 N–H and O–H groups in total. The first kappa shape index (κ1) is 28.9. The molecule has 0 aliphatic rings. The lowest BCUT2D eigenvalue weighted by atomic mass is 10.2. The number of hydrogen-bond acceptors (Lipinski definition) is 6. The van der Waals surface area contributed by atoms with Crippen molar-refractivity contribution in [3.63, 3.8) is 0 Å². The fourth-order valence-electron chi connectivity index (χ4n) is 4.67. The summed E-state index contributed by atoms with van der Waals surface area (Å²) in [6.45, 7) is 6.88. The van der Waals surface area contributed by atoms with Crippen LogP contribution in [0.25, 0.3) is 10.2 Å². The maximum Gasteiger partial charge on any atom is 0.260 e. The van der Waals surface area contributed by atoms with Crippen LogP contribution in [0.4, 0.5) is 5.13 Å². The smallest absolute Gasteiger partial charge is 0.260 e. The van der Waals surface area contributed by atoms with Gasteiger partial charge in [-0.1, -0.05) is 53.3 Å². The van der Waals surface area contributed by atoms with E-state index in [4.69, 9.17) is 16.6 Å². The van der Waals surface area contributed by atoms with E-state index in [9.17, 15) is 13.2 Å². The molecule has 2 heterocycles. The summed E-state index contributed by atoms with van der Waals surface area (Å²) < 4.78 is 30.5. The largest absolute Gasteiger partial charge is 0.282 e. The highest BCUT2D eigenvalue weighted by atomic mass is 35.5. The lowest BCUT2D eigenvalue weighted by Gasteiger charge is -2.21. The van der Waals surface area contributed by atoms with Crippen LogP contribution in [0.1, 0.15) is 32.9 Å². The third-order valence-corrected chi connectivity index (χ3v) is 9.87. The summed E-state index contributed by atoms with van der Waals surface area (Å²) >= 11 is 7.68. The lowest BCUT2D eigenvalue weighted by molar-refractivity contribution is 0.0985. The SMILES string of the molecule is Cc1cc(C)n(CCN(C(=O)c2ccc(S(=O)(=O)N(C)Cc3ccccc3)cc2)c2nc3c(C)cc(Cl)cc3s2)n1. The molecule has 5 rings (SSSR count). The molecular weight excluding hydrogens is 578 g/mol. The molecule has 3 aromatic carbocycles. The Morgan fingerprint density at radius 1 is 1.00 bits per heavy atom. The van der Waals surface area contributed by atoms with Gasteiger partial charge in [0.1, 0.15) is 0 Å². The predicted octanol–water partition coefficient (Wildman–Crippen LogP) is 6.24. The number of anilines is 1. The summed E-state index contributed by atoms with van der Waals surface area (Å²) in [5.41, 5.74) is 4.86. The Bertz CT molecular complexity index is 1820. The minimum absolute atomic E-state index is 0.118. The van der Waals surface area contributed by atoms with Gasteiger partial charge in [-0.3, -0.25) is 14.4 Å². The zero-order valence-corrected chi connectivity index (χ0v) is 25.6. The predicted molar refractivity (Wildman–Crippen MR) is 164 cm³/mol. The maximum absolute atomic E-state index is 13.9. The van der Waals surface area contributed by atoms with Gasteiger partial charge in [0.25, 0.3) is 5.91 Å². The molecule has 0 bridgehead atoms. The first-order valence-corrected chi connectivity index (χ1v) is 15.7. The number of carbonyl (C=O) groups excluding carboxylic acids is 1. The number of benzene rings is 3. The molecule has 8 nitrogen and oxygen atoms in total. The van der Waals surface area contributed by atoms with Gasteiger partial charge in [-0.2, -0.15) is 9.40 Å². The zero-order valence-electron chi connectivity index (χ0n) is 23.2. The monoisotopic (exact) mass is 607 g/mol. The molecule has 212 valence electrons. The minimum Gasteiger partial charge on any atom is -0.282 e. The number of aromatic nitrogens is 3. The van der Waals surface area contributed by atoms with Crippen molar-refractivity contribution in [2.45, 2.75) is 38.8 Å². The Morgan fingerprint density at radius 3 is 2.37 bits per heavy atom. The van der Waals surface area contributed by atoms with Crippen molar-refractivity contribution < 1.29 is 13.2 Å². The number of nitrogens with zero attached hydrogens (tertiary/aromatic N) is 5. The molecule has 0 aliphatic heterocycles. The van der Waals surface area contributed by atoms with Gasteiger partial charge in [0.2, 0.25) is 10.0 Å². The van der Waals surface area contributed by atoms with Gasteiger partial charge < -0.3 is 0 Å². The van der Waals surface area contributed by atoms with Gasteiger partial charge >= 0.3 is 0 Å². The van der Waals surface area contributed by atoms with Crippen LogP contribution in [-0.2, 0) is 23.1 Å². The Morgan fingerprint density at radius 2 is 1.71 bits per heavy atom. The highest BCUT2D eigenvalue weighted by Gasteiger charge is 2.25. The molecule has 2 aromatic heterocycles. The second-order valence-corrected chi connectivity index (χ2v) is 13.4. The number of thiazole rings is 1. The first-order chi connectivity index (χ1) is 19.5. The maximum atomic E-state index is 13.9. The Balaban J connectivity index is 1.43. The lowest BCUT2D eigenvalue weighted by Crippen LogP contribution is -2.34. The Kier molecular flexibility index (Phi) is 8.28. The van der Waals surface area contributed by atoms with Crippen LogP contribution in [0, 0.1) is 20.8 Å². The zero-order chi connectivity index (χ0) is 29.3. The highest BCUT2D eigenvalue weighted by Crippen LogP contribution is 2.34. The second kappa shape index (κ2) is 11.7. The molecule has 0 fully saturated rings. The topological polar surface area (TPSA) is 88.4 Å². The van der Waals surface area contributed by atoms with Crippen molar-refractivity contribution in [1.29, 1.82) is 0 Å². The van der Waals surface area contributed by atoms with Crippen LogP contribution in [0.15, 0.2) is 77.7 Å². The van der Waals surface area contributed by atoms with E-state index >= 15 is 0 Å². The summed E-state index contributed by atoms with van der Waals surface area (Å²) in [6.07, 6.45) is 0. The molecule has 41 heavy (non-hydrogen) atoms. The van der Waals surface area contributed by atoms with Gasteiger partial charge in [0, 0.05) is 36.4 Å². The molecule has 0 radical (unpaired) electrons. The number of fused-ring (bicyclic) bond motifs is 1. The van der Waals surface area contributed by atoms with Gasteiger partial charge in [-0.25, -0.2) is 13.4 Å². The third-order valence-electron chi connectivity index (χ3n) is 6.81. The van der Waals surface area contributed by atoms with Crippen molar-refractivity contribution in [2.75, 3.05) is 18.5 Å².